The molecule has 0 aliphatic heterocycles. The van der Waals surface area contributed by atoms with Gasteiger partial charge in [-0.15, -0.1) is 0 Å². The summed E-state index contributed by atoms with van der Waals surface area (Å²) in [6, 6.07) is 11.2. The second-order valence-electron chi connectivity index (χ2n) is 3.89. The predicted octanol–water partition coefficient (Wildman–Crippen LogP) is 2.14. The molecule has 0 saturated carbocycles. The van der Waals surface area contributed by atoms with Crippen molar-refractivity contribution in [3.8, 4) is 6.07 Å². The number of rotatable bonds is 7. The number of amides is 1. The van der Waals surface area contributed by atoms with Crippen molar-refractivity contribution in [3.05, 3.63) is 41.5 Å². The Balaban J connectivity index is 2.49. The Bertz CT molecular complexity index is 461. The van der Waals surface area contributed by atoms with Gasteiger partial charge in [-0.1, -0.05) is 30.3 Å². The van der Waals surface area contributed by atoms with Gasteiger partial charge in [0.25, 0.3) is 5.91 Å². The minimum absolute atomic E-state index is 0.114. The molecule has 1 amide bonds. The molecule has 0 aliphatic carbocycles. The van der Waals surface area contributed by atoms with Crippen LogP contribution in [0.3, 0.4) is 0 Å². The summed E-state index contributed by atoms with van der Waals surface area (Å²) in [4.78, 5) is 11.8. The fraction of sp³-hybridized carbons (Fsp3) is 0.333. The van der Waals surface area contributed by atoms with E-state index in [-0.39, 0.29) is 11.5 Å². The predicted molar refractivity (Wildman–Crippen MR) is 74.2 cm³/mol. The number of nitriles is 1. The van der Waals surface area contributed by atoms with Crippen LogP contribution in [0.4, 0.5) is 0 Å². The first kappa shape index (κ1) is 14.9. The summed E-state index contributed by atoms with van der Waals surface area (Å²) in [5, 5.41) is 11.7. The van der Waals surface area contributed by atoms with Crippen LogP contribution in [0.1, 0.15) is 18.9 Å². The highest BCUT2D eigenvalue weighted by Crippen LogP contribution is 2.06. The van der Waals surface area contributed by atoms with Crippen molar-refractivity contribution in [2.75, 3.05) is 19.8 Å². The summed E-state index contributed by atoms with van der Waals surface area (Å²) < 4.78 is 5.17. The van der Waals surface area contributed by atoms with Gasteiger partial charge in [-0.05, 0) is 25.0 Å². The number of hydrogen-bond donors (Lipinski definition) is 1. The molecular formula is C15H18N2O2. The number of benzene rings is 1. The van der Waals surface area contributed by atoms with Crippen molar-refractivity contribution in [2.24, 2.45) is 0 Å². The third-order valence-electron chi connectivity index (χ3n) is 2.43. The zero-order valence-electron chi connectivity index (χ0n) is 11.1. The first-order valence-electron chi connectivity index (χ1n) is 6.30. The average Bonchev–Trinajstić information content (AvgIpc) is 2.45. The van der Waals surface area contributed by atoms with Crippen molar-refractivity contribution in [1.29, 1.82) is 5.26 Å². The number of ether oxygens (including phenoxy) is 1. The largest absolute Gasteiger partial charge is 0.382 e. The molecule has 1 rings (SSSR count). The van der Waals surface area contributed by atoms with Gasteiger partial charge in [-0.2, -0.15) is 5.26 Å². The minimum atomic E-state index is -0.345. The van der Waals surface area contributed by atoms with E-state index in [9.17, 15) is 4.79 Å². The Labute approximate surface area is 113 Å². The van der Waals surface area contributed by atoms with Crippen LogP contribution in [-0.2, 0) is 9.53 Å². The molecule has 4 heteroatoms. The van der Waals surface area contributed by atoms with E-state index in [0.29, 0.717) is 19.8 Å². The quantitative estimate of drug-likeness (QED) is 0.463. The summed E-state index contributed by atoms with van der Waals surface area (Å²) in [6.45, 7) is 3.72. The molecule has 0 unspecified atom stereocenters. The third-order valence-corrected chi connectivity index (χ3v) is 2.43. The van der Waals surface area contributed by atoms with E-state index in [1.165, 1.54) is 0 Å². The highest BCUT2D eigenvalue weighted by molar-refractivity contribution is 6.01. The molecule has 1 aromatic rings. The molecule has 0 atom stereocenters. The van der Waals surface area contributed by atoms with E-state index in [0.717, 1.165) is 12.0 Å². The molecule has 0 aromatic heterocycles. The normalized spacial score (nSPS) is 10.8. The molecule has 0 saturated heterocycles. The van der Waals surface area contributed by atoms with E-state index in [4.69, 9.17) is 10.00 Å². The minimum Gasteiger partial charge on any atom is -0.382 e. The zero-order valence-corrected chi connectivity index (χ0v) is 11.1. The Morgan fingerprint density at radius 3 is 2.79 bits per heavy atom. The number of nitrogens with zero attached hydrogens (tertiary/aromatic N) is 1. The molecule has 0 heterocycles. The van der Waals surface area contributed by atoms with Crippen LogP contribution in [0.2, 0.25) is 0 Å². The fourth-order valence-corrected chi connectivity index (χ4v) is 1.48. The first-order valence-corrected chi connectivity index (χ1v) is 6.30. The molecular weight excluding hydrogens is 240 g/mol. The SMILES string of the molecule is CCOCCCNC(=O)/C(C#N)=C/c1ccccc1. The molecule has 1 N–H and O–H groups in total. The molecule has 4 nitrogen and oxygen atoms in total. The maximum atomic E-state index is 11.8. The molecule has 0 bridgehead atoms. The summed E-state index contributed by atoms with van der Waals surface area (Å²) in [7, 11) is 0. The van der Waals surface area contributed by atoms with Crippen molar-refractivity contribution in [1.82, 2.24) is 5.32 Å². The Morgan fingerprint density at radius 2 is 2.16 bits per heavy atom. The van der Waals surface area contributed by atoms with Gasteiger partial charge < -0.3 is 10.1 Å². The average molecular weight is 258 g/mol. The van der Waals surface area contributed by atoms with Gasteiger partial charge >= 0.3 is 0 Å². The summed E-state index contributed by atoms with van der Waals surface area (Å²) >= 11 is 0. The van der Waals surface area contributed by atoms with Crippen molar-refractivity contribution in [3.63, 3.8) is 0 Å². The van der Waals surface area contributed by atoms with Crippen LogP contribution >= 0.6 is 0 Å². The van der Waals surface area contributed by atoms with Gasteiger partial charge in [-0.25, -0.2) is 0 Å². The second-order valence-corrected chi connectivity index (χ2v) is 3.89. The molecule has 19 heavy (non-hydrogen) atoms. The maximum Gasteiger partial charge on any atom is 0.261 e. The smallest absolute Gasteiger partial charge is 0.261 e. The Hall–Kier alpha value is -2.12. The molecule has 0 aliphatic rings. The number of carbonyl (C=O) groups excluding carboxylic acids is 1. The summed E-state index contributed by atoms with van der Waals surface area (Å²) in [6.07, 6.45) is 2.32. The number of hydrogen-bond acceptors (Lipinski definition) is 3. The van der Waals surface area contributed by atoms with Crippen LogP contribution in [-0.4, -0.2) is 25.7 Å². The van der Waals surface area contributed by atoms with E-state index in [1.54, 1.807) is 6.08 Å². The maximum absolute atomic E-state index is 11.8. The van der Waals surface area contributed by atoms with E-state index < -0.39 is 0 Å². The molecule has 100 valence electrons. The monoisotopic (exact) mass is 258 g/mol. The van der Waals surface area contributed by atoms with Crippen LogP contribution in [0.15, 0.2) is 35.9 Å². The van der Waals surface area contributed by atoms with E-state index in [1.807, 2.05) is 43.3 Å². The van der Waals surface area contributed by atoms with Gasteiger partial charge in [0.1, 0.15) is 11.6 Å². The van der Waals surface area contributed by atoms with Gasteiger partial charge in [0.2, 0.25) is 0 Å². The van der Waals surface area contributed by atoms with Gasteiger partial charge in [0.15, 0.2) is 0 Å². The zero-order chi connectivity index (χ0) is 13.9. The van der Waals surface area contributed by atoms with Crippen molar-refractivity contribution in [2.45, 2.75) is 13.3 Å². The Morgan fingerprint density at radius 1 is 1.42 bits per heavy atom. The first-order chi connectivity index (χ1) is 9.27. The highest BCUT2D eigenvalue weighted by atomic mass is 16.5. The molecule has 1 aromatic carbocycles. The number of carbonyl (C=O) groups is 1. The van der Waals surface area contributed by atoms with Crippen molar-refractivity contribution < 1.29 is 9.53 Å². The number of nitrogens with one attached hydrogen (secondary N) is 1. The molecule has 0 radical (unpaired) electrons. The van der Waals surface area contributed by atoms with Crippen LogP contribution in [0, 0.1) is 11.3 Å². The van der Waals surface area contributed by atoms with Crippen LogP contribution < -0.4 is 5.32 Å². The van der Waals surface area contributed by atoms with Gasteiger partial charge in [-0.3, -0.25) is 4.79 Å². The lowest BCUT2D eigenvalue weighted by Crippen LogP contribution is -2.26. The van der Waals surface area contributed by atoms with Crippen LogP contribution in [0.5, 0.6) is 0 Å². The van der Waals surface area contributed by atoms with Crippen LogP contribution in [0.25, 0.3) is 6.08 Å². The lowest BCUT2D eigenvalue weighted by atomic mass is 10.1. The second kappa shape index (κ2) is 8.90. The van der Waals surface area contributed by atoms with Gasteiger partial charge in [0, 0.05) is 19.8 Å². The lowest BCUT2D eigenvalue weighted by Gasteiger charge is -2.04. The Kier molecular flexibility index (Phi) is 7.00. The van der Waals surface area contributed by atoms with Gasteiger partial charge in [0.05, 0.1) is 0 Å². The fourth-order valence-electron chi connectivity index (χ4n) is 1.48. The summed E-state index contributed by atoms with van der Waals surface area (Å²) in [5.41, 5.74) is 0.950. The molecule has 0 fully saturated rings. The lowest BCUT2D eigenvalue weighted by molar-refractivity contribution is -0.117. The van der Waals surface area contributed by atoms with E-state index >= 15 is 0 Å². The highest BCUT2D eigenvalue weighted by Gasteiger charge is 2.07. The topological polar surface area (TPSA) is 62.1 Å². The van der Waals surface area contributed by atoms with E-state index in [2.05, 4.69) is 5.32 Å². The third kappa shape index (κ3) is 5.84. The standard InChI is InChI=1S/C15H18N2O2/c1-2-19-10-6-9-17-15(18)14(12-16)11-13-7-4-3-5-8-13/h3-5,7-8,11H,2,6,9-10H2,1H3,(H,17,18)/b14-11+. The van der Waals surface area contributed by atoms with Crippen molar-refractivity contribution >= 4 is 12.0 Å². The summed E-state index contributed by atoms with van der Waals surface area (Å²) in [5.74, 6) is -0.345. The molecule has 0 spiro atoms.